The molecule has 1 aromatic carbocycles. The second kappa shape index (κ2) is 6.16. The Bertz CT molecular complexity index is 693. The lowest BCUT2D eigenvalue weighted by Crippen LogP contribution is -2.16. The number of hydrogen-bond donors (Lipinski definition) is 0. The molecule has 0 saturated heterocycles. The highest BCUT2D eigenvalue weighted by Gasteiger charge is 2.06. The van der Waals surface area contributed by atoms with E-state index < -0.39 is 0 Å². The van der Waals surface area contributed by atoms with Gasteiger partial charge in [0.25, 0.3) is 0 Å². The van der Waals surface area contributed by atoms with Crippen LogP contribution < -0.4 is 5.43 Å². The molecule has 2 aromatic rings. The van der Waals surface area contributed by atoms with Gasteiger partial charge in [0.2, 0.25) is 11.1 Å². The second-order valence-electron chi connectivity index (χ2n) is 4.79. The van der Waals surface area contributed by atoms with Crippen molar-refractivity contribution in [2.24, 2.45) is 0 Å². The lowest BCUT2D eigenvalue weighted by atomic mass is 10.1. The van der Waals surface area contributed by atoms with Crippen LogP contribution in [0.25, 0.3) is 5.69 Å². The topological polar surface area (TPSA) is 58.7 Å². The maximum atomic E-state index is 11.5. The van der Waals surface area contributed by atoms with Crippen LogP contribution in [0.4, 0.5) is 0 Å². The molecular formula is C16H17N3O. The summed E-state index contributed by atoms with van der Waals surface area (Å²) >= 11 is 0. The number of hydrogen-bond acceptors (Lipinski definition) is 3. The number of aromatic nitrogens is 2. The predicted molar refractivity (Wildman–Crippen MR) is 77.9 cm³/mol. The van der Waals surface area contributed by atoms with Crippen molar-refractivity contribution < 1.29 is 0 Å². The normalized spacial score (nSPS) is 10.2. The summed E-state index contributed by atoms with van der Waals surface area (Å²) in [5, 5.41) is 13.0. The highest BCUT2D eigenvalue weighted by molar-refractivity contribution is 5.36. The summed E-state index contributed by atoms with van der Waals surface area (Å²) in [5.41, 5.74) is 2.45. The van der Waals surface area contributed by atoms with E-state index in [1.165, 1.54) is 24.5 Å². The largest absolute Gasteiger partial charge is 0.287 e. The van der Waals surface area contributed by atoms with Crippen LogP contribution in [0.5, 0.6) is 0 Å². The van der Waals surface area contributed by atoms with Crippen molar-refractivity contribution in [1.82, 2.24) is 9.78 Å². The van der Waals surface area contributed by atoms with Gasteiger partial charge in [-0.1, -0.05) is 25.5 Å². The average Bonchev–Trinajstić information content (AvgIpc) is 2.46. The number of rotatable bonds is 4. The molecule has 0 unspecified atom stereocenters. The lowest BCUT2D eigenvalue weighted by Gasteiger charge is -2.10. The van der Waals surface area contributed by atoms with Gasteiger partial charge in [-0.25, -0.2) is 4.68 Å². The third kappa shape index (κ3) is 2.94. The highest BCUT2D eigenvalue weighted by Crippen LogP contribution is 2.12. The molecular weight excluding hydrogens is 250 g/mol. The fourth-order valence-corrected chi connectivity index (χ4v) is 2.07. The highest BCUT2D eigenvalue weighted by atomic mass is 16.1. The average molecular weight is 267 g/mol. The van der Waals surface area contributed by atoms with E-state index >= 15 is 0 Å². The van der Waals surface area contributed by atoms with E-state index in [-0.39, 0.29) is 11.1 Å². The second-order valence-corrected chi connectivity index (χ2v) is 4.79. The van der Waals surface area contributed by atoms with Gasteiger partial charge in [-0.15, -0.1) is 0 Å². The summed E-state index contributed by atoms with van der Waals surface area (Å²) in [5.74, 6) is 0. The predicted octanol–water partition coefficient (Wildman–Crippen LogP) is 2.76. The standard InChI is InChI=1S/C16H17N3O/c1-3-4-5-13-6-8-14(9-7-13)19-12(2)10-16(20)15(11-17)18-19/h6-10H,3-5H2,1-2H3. The molecule has 0 aliphatic rings. The van der Waals surface area contributed by atoms with Crippen molar-refractivity contribution in [3.8, 4) is 11.8 Å². The Balaban J connectivity index is 2.37. The van der Waals surface area contributed by atoms with E-state index in [4.69, 9.17) is 5.26 Å². The first kappa shape index (κ1) is 14.0. The number of benzene rings is 1. The van der Waals surface area contributed by atoms with Crippen LogP contribution in [0.1, 0.15) is 36.7 Å². The monoisotopic (exact) mass is 267 g/mol. The SMILES string of the molecule is CCCCc1ccc(-n2nc(C#N)c(=O)cc2C)cc1. The molecule has 0 saturated carbocycles. The molecule has 0 N–H and O–H groups in total. The van der Waals surface area contributed by atoms with Gasteiger partial charge in [-0.2, -0.15) is 10.4 Å². The summed E-state index contributed by atoms with van der Waals surface area (Å²) in [6.45, 7) is 3.98. The molecule has 0 radical (unpaired) electrons. The van der Waals surface area contributed by atoms with Crippen molar-refractivity contribution in [3.63, 3.8) is 0 Å². The summed E-state index contributed by atoms with van der Waals surface area (Å²) < 4.78 is 1.63. The van der Waals surface area contributed by atoms with E-state index in [1.54, 1.807) is 11.6 Å². The summed E-state index contributed by atoms with van der Waals surface area (Å²) in [7, 11) is 0. The van der Waals surface area contributed by atoms with Gasteiger partial charge in [0.1, 0.15) is 6.07 Å². The van der Waals surface area contributed by atoms with Crippen molar-refractivity contribution >= 4 is 0 Å². The van der Waals surface area contributed by atoms with E-state index in [2.05, 4.69) is 24.2 Å². The van der Waals surface area contributed by atoms with Gasteiger partial charge in [-0.3, -0.25) is 4.79 Å². The molecule has 0 amide bonds. The molecule has 1 heterocycles. The molecule has 102 valence electrons. The molecule has 0 aliphatic heterocycles. The van der Waals surface area contributed by atoms with Crippen LogP contribution in [0.3, 0.4) is 0 Å². The van der Waals surface area contributed by atoms with Crippen LogP contribution in [0, 0.1) is 18.3 Å². The van der Waals surface area contributed by atoms with Crippen LogP contribution in [-0.2, 0) is 6.42 Å². The van der Waals surface area contributed by atoms with E-state index in [0.29, 0.717) is 0 Å². The number of unbranched alkanes of at least 4 members (excludes halogenated alkanes) is 1. The minimum atomic E-state index is -0.333. The van der Waals surface area contributed by atoms with Gasteiger partial charge in [0.05, 0.1) is 5.69 Å². The Morgan fingerprint density at radius 3 is 2.60 bits per heavy atom. The third-order valence-electron chi connectivity index (χ3n) is 3.21. The van der Waals surface area contributed by atoms with Crippen molar-refractivity contribution in [1.29, 1.82) is 5.26 Å². The first-order chi connectivity index (χ1) is 9.65. The Morgan fingerprint density at radius 1 is 1.30 bits per heavy atom. The minimum Gasteiger partial charge on any atom is -0.287 e. The minimum absolute atomic E-state index is 0.0781. The smallest absolute Gasteiger partial charge is 0.218 e. The molecule has 1 aromatic heterocycles. The van der Waals surface area contributed by atoms with Gasteiger partial charge < -0.3 is 0 Å². The molecule has 0 spiro atoms. The van der Waals surface area contributed by atoms with E-state index in [1.807, 2.05) is 18.2 Å². The summed E-state index contributed by atoms with van der Waals surface area (Å²) in [6, 6.07) is 11.3. The van der Waals surface area contributed by atoms with Gasteiger partial charge in [0.15, 0.2) is 0 Å². The van der Waals surface area contributed by atoms with Crippen LogP contribution in [-0.4, -0.2) is 9.78 Å². The lowest BCUT2D eigenvalue weighted by molar-refractivity contribution is 0.782. The third-order valence-corrected chi connectivity index (χ3v) is 3.21. The fraction of sp³-hybridized carbons (Fsp3) is 0.312. The zero-order valence-electron chi connectivity index (χ0n) is 11.8. The molecule has 4 heteroatoms. The number of nitriles is 1. The Kier molecular flexibility index (Phi) is 4.31. The van der Waals surface area contributed by atoms with Crippen LogP contribution in [0.15, 0.2) is 35.1 Å². The fourth-order valence-electron chi connectivity index (χ4n) is 2.07. The quantitative estimate of drug-likeness (QED) is 0.855. The Labute approximate surface area is 118 Å². The number of aryl methyl sites for hydroxylation is 2. The van der Waals surface area contributed by atoms with Crippen molar-refractivity contribution in [2.75, 3.05) is 0 Å². The Morgan fingerprint density at radius 2 is 2.00 bits per heavy atom. The van der Waals surface area contributed by atoms with Gasteiger partial charge in [0, 0.05) is 11.8 Å². The maximum absolute atomic E-state index is 11.5. The van der Waals surface area contributed by atoms with Crippen LogP contribution >= 0.6 is 0 Å². The molecule has 20 heavy (non-hydrogen) atoms. The zero-order valence-corrected chi connectivity index (χ0v) is 11.8. The molecule has 0 aliphatic carbocycles. The molecule has 0 bridgehead atoms. The first-order valence-corrected chi connectivity index (χ1v) is 6.76. The van der Waals surface area contributed by atoms with Crippen molar-refractivity contribution in [3.05, 3.63) is 57.5 Å². The van der Waals surface area contributed by atoms with Crippen LogP contribution in [0.2, 0.25) is 0 Å². The molecule has 0 fully saturated rings. The molecule has 0 atom stereocenters. The summed E-state index contributed by atoms with van der Waals surface area (Å²) in [6.07, 6.45) is 3.41. The molecule has 2 rings (SSSR count). The zero-order chi connectivity index (χ0) is 14.5. The van der Waals surface area contributed by atoms with Gasteiger partial charge in [-0.05, 0) is 37.5 Å². The van der Waals surface area contributed by atoms with Crippen molar-refractivity contribution in [2.45, 2.75) is 33.1 Å². The number of nitrogens with zero attached hydrogens (tertiary/aromatic N) is 3. The van der Waals surface area contributed by atoms with E-state index in [9.17, 15) is 4.79 Å². The van der Waals surface area contributed by atoms with E-state index in [0.717, 1.165) is 17.8 Å². The van der Waals surface area contributed by atoms with Gasteiger partial charge >= 0.3 is 0 Å². The molecule has 4 nitrogen and oxygen atoms in total. The maximum Gasteiger partial charge on any atom is 0.218 e. The Hall–Kier alpha value is -2.41. The summed E-state index contributed by atoms with van der Waals surface area (Å²) in [4.78, 5) is 11.5. The first-order valence-electron chi connectivity index (χ1n) is 6.76.